The molecule has 2 rings (SSSR count). The number of hydrogen-bond donors (Lipinski definition) is 1. The third kappa shape index (κ3) is 3.56. The van der Waals surface area contributed by atoms with Crippen LogP contribution < -0.4 is 4.74 Å². The smallest absolute Gasteiger partial charge is 0.193 e. The van der Waals surface area contributed by atoms with E-state index in [4.69, 9.17) is 4.74 Å². The first-order chi connectivity index (χ1) is 9.70. The lowest BCUT2D eigenvalue weighted by molar-refractivity contribution is 0.103. The van der Waals surface area contributed by atoms with Crippen LogP contribution in [0.5, 0.6) is 5.75 Å². The minimum Gasteiger partial charge on any atom is -0.491 e. The Morgan fingerprint density at radius 2 is 1.70 bits per heavy atom. The van der Waals surface area contributed by atoms with Gasteiger partial charge in [-0.25, -0.2) is 0 Å². The highest BCUT2D eigenvalue weighted by atomic mass is 16.5. The molecule has 20 heavy (non-hydrogen) atoms. The molecule has 0 saturated carbocycles. The van der Waals surface area contributed by atoms with E-state index in [0.717, 1.165) is 0 Å². The van der Waals surface area contributed by atoms with Crippen molar-refractivity contribution < 1.29 is 14.6 Å². The summed E-state index contributed by atoms with van der Waals surface area (Å²) in [7, 11) is 0. The van der Waals surface area contributed by atoms with Crippen molar-refractivity contribution >= 4 is 5.78 Å². The van der Waals surface area contributed by atoms with E-state index in [2.05, 4.69) is 6.58 Å². The van der Waals surface area contributed by atoms with Gasteiger partial charge in [-0.05, 0) is 24.3 Å². The van der Waals surface area contributed by atoms with Crippen LogP contribution in [0.1, 0.15) is 15.9 Å². The van der Waals surface area contributed by atoms with Crippen molar-refractivity contribution in [2.24, 2.45) is 0 Å². The number of carbonyl (C=O) groups is 1. The fraction of sp³-hybridized carbons (Fsp3) is 0.118. The van der Waals surface area contributed by atoms with Crippen LogP contribution in [-0.4, -0.2) is 23.6 Å². The van der Waals surface area contributed by atoms with Gasteiger partial charge in [0.25, 0.3) is 0 Å². The fourth-order valence-corrected chi connectivity index (χ4v) is 1.71. The largest absolute Gasteiger partial charge is 0.491 e. The van der Waals surface area contributed by atoms with E-state index >= 15 is 0 Å². The predicted octanol–water partition coefficient (Wildman–Crippen LogP) is 2.84. The van der Waals surface area contributed by atoms with Gasteiger partial charge >= 0.3 is 0 Å². The van der Waals surface area contributed by atoms with Gasteiger partial charge < -0.3 is 9.84 Å². The fourth-order valence-electron chi connectivity index (χ4n) is 1.71. The van der Waals surface area contributed by atoms with Gasteiger partial charge in [0.1, 0.15) is 18.5 Å². The zero-order chi connectivity index (χ0) is 14.4. The van der Waals surface area contributed by atoms with Crippen molar-refractivity contribution in [2.45, 2.75) is 6.10 Å². The molecule has 2 aromatic carbocycles. The van der Waals surface area contributed by atoms with E-state index in [0.29, 0.717) is 16.9 Å². The third-order valence-electron chi connectivity index (χ3n) is 2.85. The zero-order valence-corrected chi connectivity index (χ0v) is 11.0. The van der Waals surface area contributed by atoms with Crippen LogP contribution in [0.4, 0.5) is 0 Å². The summed E-state index contributed by atoms with van der Waals surface area (Å²) in [6.07, 6.45) is 0.716. The van der Waals surface area contributed by atoms with Crippen molar-refractivity contribution in [3.8, 4) is 5.75 Å². The first kappa shape index (κ1) is 14.0. The Hall–Kier alpha value is -2.39. The number of ether oxygens (including phenoxy) is 1. The topological polar surface area (TPSA) is 46.5 Å². The molecule has 0 spiro atoms. The second kappa shape index (κ2) is 6.68. The van der Waals surface area contributed by atoms with Crippen molar-refractivity contribution in [1.82, 2.24) is 0 Å². The van der Waals surface area contributed by atoms with E-state index in [1.807, 2.05) is 18.2 Å². The standard InChI is InChI=1S/C17H16O3/c1-2-15(18)12-20-16-10-8-14(9-11-16)17(19)13-6-4-3-5-7-13/h2-11,15,18H,1,12H2. The van der Waals surface area contributed by atoms with Gasteiger partial charge in [-0.15, -0.1) is 6.58 Å². The molecule has 1 N–H and O–H groups in total. The first-order valence-corrected chi connectivity index (χ1v) is 6.34. The van der Waals surface area contributed by atoms with Crippen molar-refractivity contribution in [2.75, 3.05) is 6.61 Å². The van der Waals surface area contributed by atoms with Crippen molar-refractivity contribution in [3.63, 3.8) is 0 Å². The van der Waals surface area contributed by atoms with Crippen LogP contribution in [0.15, 0.2) is 67.3 Å². The summed E-state index contributed by atoms with van der Waals surface area (Å²) in [5, 5.41) is 9.31. The molecule has 0 fully saturated rings. The van der Waals surface area contributed by atoms with Gasteiger partial charge in [-0.1, -0.05) is 36.4 Å². The summed E-state index contributed by atoms with van der Waals surface area (Å²) in [6, 6.07) is 16.0. The van der Waals surface area contributed by atoms with Gasteiger partial charge in [0.2, 0.25) is 0 Å². The molecule has 0 aromatic heterocycles. The Labute approximate surface area is 118 Å². The number of rotatable bonds is 6. The Bertz CT molecular complexity index is 573. The highest BCUT2D eigenvalue weighted by molar-refractivity contribution is 6.08. The molecule has 0 aliphatic heterocycles. The van der Waals surface area contributed by atoms with Gasteiger partial charge in [0.15, 0.2) is 5.78 Å². The van der Waals surface area contributed by atoms with E-state index in [1.54, 1.807) is 36.4 Å². The maximum Gasteiger partial charge on any atom is 0.193 e. The van der Waals surface area contributed by atoms with Crippen LogP contribution >= 0.6 is 0 Å². The molecule has 0 aliphatic carbocycles. The number of carbonyl (C=O) groups excluding carboxylic acids is 1. The normalized spacial score (nSPS) is 11.7. The molecule has 1 unspecified atom stereocenters. The molecular formula is C17H16O3. The molecule has 0 amide bonds. The Morgan fingerprint density at radius 1 is 1.10 bits per heavy atom. The third-order valence-corrected chi connectivity index (χ3v) is 2.85. The van der Waals surface area contributed by atoms with E-state index in [-0.39, 0.29) is 12.4 Å². The number of aliphatic hydroxyl groups excluding tert-OH is 1. The van der Waals surface area contributed by atoms with E-state index < -0.39 is 6.10 Å². The molecule has 102 valence electrons. The minimum atomic E-state index is -0.694. The molecule has 0 saturated heterocycles. The summed E-state index contributed by atoms with van der Waals surface area (Å²) in [5.74, 6) is 0.582. The molecule has 0 radical (unpaired) electrons. The van der Waals surface area contributed by atoms with Crippen LogP contribution in [0.3, 0.4) is 0 Å². The Balaban J connectivity index is 2.05. The first-order valence-electron chi connectivity index (χ1n) is 6.34. The summed E-state index contributed by atoms with van der Waals surface area (Å²) in [4.78, 5) is 12.2. The maximum absolute atomic E-state index is 12.2. The quantitative estimate of drug-likeness (QED) is 0.647. The number of hydrogen-bond acceptors (Lipinski definition) is 3. The zero-order valence-electron chi connectivity index (χ0n) is 11.0. The molecule has 0 bridgehead atoms. The summed E-state index contributed by atoms with van der Waals surface area (Å²) >= 11 is 0. The molecule has 3 heteroatoms. The molecular weight excluding hydrogens is 252 g/mol. The lowest BCUT2D eigenvalue weighted by Gasteiger charge is -2.09. The summed E-state index contributed by atoms with van der Waals surface area (Å²) in [6.45, 7) is 3.62. The number of benzene rings is 2. The lowest BCUT2D eigenvalue weighted by Crippen LogP contribution is -2.14. The Morgan fingerprint density at radius 3 is 2.30 bits per heavy atom. The molecule has 0 aliphatic rings. The monoisotopic (exact) mass is 268 g/mol. The van der Waals surface area contributed by atoms with Crippen molar-refractivity contribution in [1.29, 1.82) is 0 Å². The molecule has 2 aromatic rings. The van der Waals surface area contributed by atoms with Gasteiger partial charge in [0.05, 0.1) is 0 Å². The highest BCUT2D eigenvalue weighted by Crippen LogP contribution is 2.15. The van der Waals surface area contributed by atoms with Gasteiger partial charge in [-0.2, -0.15) is 0 Å². The minimum absolute atomic E-state index is 0.0247. The molecule has 3 nitrogen and oxygen atoms in total. The SMILES string of the molecule is C=CC(O)COc1ccc(C(=O)c2ccccc2)cc1. The second-order valence-electron chi connectivity index (χ2n) is 4.33. The molecule has 1 atom stereocenters. The predicted molar refractivity (Wildman–Crippen MR) is 78.0 cm³/mol. The van der Waals surface area contributed by atoms with E-state index in [9.17, 15) is 9.90 Å². The Kier molecular flexibility index (Phi) is 4.69. The lowest BCUT2D eigenvalue weighted by atomic mass is 10.0. The average Bonchev–Trinajstić information content (AvgIpc) is 2.53. The van der Waals surface area contributed by atoms with E-state index in [1.165, 1.54) is 6.08 Å². The summed E-state index contributed by atoms with van der Waals surface area (Å²) < 4.78 is 5.37. The van der Waals surface area contributed by atoms with Gasteiger partial charge in [-0.3, -0.25) is 4.79 Å². The van der Waals surface area contributed by atoms with Crippen LogP contribution in [0.2, 0.25) is 0 Å². The number of aliphatic hydroxyl groups is 1. The van der Waals surface area contributed by atoms with Crippen LogP contribution in [0, 0.1) is 0 Å². The van der Waals surface area contributed by atoms with Crippen LogP contribution in [0.25, 0.3) is 0 Å². The average molecular weight is 268 g/mol. The van der Waals surface area contributed by atoms with Crippen molar-refractivity contribution in [3.05, 3.63) is 78.4 Å². The van der Waals surface area contributed by atoms with Gasteiger partial charge in [0, 0.05) is 11.1 Å². The summed E-state index contributed by atoms with van der Waals surface area (Å²) in [5.41, 5.74) is 1.26. The number of ketones is 1. The second-order valence-corrected chi connectivity index (χ2v) is 4.33. The van der Waals surface area contributed by atoms with Crippen LogP contribution in [-0.2, 0) is 0 Å². The molecule has 0 heterocycles. The maximum atomic E-state index is 12.2. The highest BCUT2D eigenvalue weighted by Gasteiger charge is 2.08.